The Morgan fingerprint density at radius 3 is 2.97 bits per heavy atom. The molecule has 3 aliphatic heterocycles. The number of ether oxygens (including phenoxy) is 2. The van der Waals surface area contributed by atoms with Crippen LogP contribution in [-0.4, -0.2) is 54.9 Å². The summed E-state index contributed by atoms with van der Waals surface area (Å²) in [5, 5.41) is 13.4. The van der Waals surface area contributed by atoms with E-state index >= 15 is 0 Å². The number of nitrogens with zero attached hydrogens (tertiary/aromatic N) is 1. The number of benzene rings is 1. The molecule has 3 atom stereocenters. The first kappa shape index (κ1) is 25.9. The highest BCUT2D eigenvalue weighted by molar-refractivity contribution is 5.76. The zero-order chi connectivity index (χ0) is 24.5. The van der Waals surface area contributed by atoms with Gasteiger partial charge in [0, 0.05) is 32.8 Å². The van der Waals surface area contributed by atoms with Crippen molar-refractivity contribution in [2.45, 2.75) is 76.0 Å². The van der Waals surface area contributed by atoms with E-state index in [1.54, 1.807) is 6.07 Å². The van der Waals surface area contributed by atoms with E-state index in [0.29, 0.717) is 31.9 Å². The van der Waals surface area contributed by atoms with Crippen LogP contribution in [0.25, 0.3) is 0 Å². The monoisotopic (exact) mass is 486 g/mol. The molecule has 0 saturated carbocycles. The molecular weight excluding hydrogens is 447 g/mol. The van der Waals surface area contributed by atoms with Gasteiger partial charge in [0.2, 0.25) is 0 Å². The van der Waals surface area contributed by atoms with Gasteiger partial charge in [0.25, 0.3) is 0 Å². The Hall–Kier alpha value is -2.22. The maximum Gasteiger partial charge on any atom is 0.325 e. The normalized spacial score (nSPS) is 24.0. The Bertz CT molecular complexity index is 897. The Balaban J connectivity index is 1.22. The van der Waals surface area contributed by atoms with E-state index in [2.05, 4.69) is 23.7 Å². The van der Waals surface area contributed by atoms with Gasteiger partial charge in [-0.1, -0.05) is 24.6 Å². The molecule has 1 aromatic rings. The zero-order valence-electron chi connectivity index (χ0n) is 20.6. The number of carboxylic acid groups (broad SMARTS) is 1. The predicted molar refractivity (Wildman–Crippen MR) is 134 cm³/mol. The summed E-state index contributed by atoms with van der Waals surface area (Å²) in [7, 11) is 0. The first-order valence-corrected chi connectivity index (χ1v) is 13.2. The quantitative estimate of drug-likeness (QED) is 0.392. The van der Waals surface area contributed by atoms with E-state index in [9.17, 15) is 14.3 Å². The van der Waals surface area contributed by atoms with Crippen LogP contribution < -0.4 is 5.32 Å². The minimum atomic E-state index is -0.955. The molecule has 0 aliphatic carbocycles. The lowest BCUT2D eigenvalue weighted by molar-refractivity contribution is -0.143. The number of nitrogens with one attached hydrogen (secondary N) is 1. The van der Waals surface area contributed by atoms with Crippen LogP contribution in [0.4, 0.5) is 4.39 Å². The summed E-state index contributed by atoms with van der Waals surface area (Å²) in [6, 6.07) is 3.58. The van der Waals surface area contributed by atoms with Crippen molar-refractivity contribution in [2.75, 3.05) is 32.8 Å². The molecule has 0 amide bonds. The Morgan fingerprint density at radius 2 is 2.20 bits per heavy atom. The van der Waals surface area contributed by atoms with Crippen LogP contribution in [-0.2, 0) is 14.3 Å². The summed E-state index contributed by atoms with van der Waals surface area (Å²) >= 11 is 0. The first-order chi connectivity index (χ1) is 17.1. The van der Waals surface area contributed by atoms with Gasteiger partial charge in [-0.2, -0.15) is 0 Å². The number of hydrogen-bond acceptors (Lipinski definition) is 5. The number of halogens is 1. The first-order valence-electron chi connectivity index (χ1n) is 13.2. The standard InChI is InChI=1S/C28H39FN2O4/c29-22-11-12-24(26-10-7-17-35-26)25(18-22)27(28(32)33)31-15-13-23(20-31)34-16-5-3-1-2-4-8-21-9-6-14-30-19-21/h4,8,11-12,18-19,23,26-27,30H,1-3,5-7,9-10,13-17,20H2,(H,32,33)/b8-4-. The lowest BCUT2D eigenvalue weighted by Gasteiger charge is -2.28. The molecular formula is C28H39FN2O4. The number of unbranched alkanes of at least 4 members (excludes halogenated alkanes) is 3. The van der Waals surface area contributed by atoms with Crippen molar-refractivity contribution in [1.29, 1.82) is 0 Å². The van der Waals surface area contributed by atoms with E-state index in [1.807, 2.05) is 4.90 Å². The number of allylic oxidation sites excluding steroid dienone is 3. The largest absolute Gasteiger partial charge is 0.480 e. The fourth-order valence-electron chi connectivity index (χ4n) is 5.34. The molecule has 0 radical (unpaired) electrons. The van der Waals surface area contributed by atoms with Crippen LogP contribution >= 0.6 is 0 Å². The zero-order valence-corrected chi connectivity index (χ0v) is 20.6. The summed E-state index contributed by atoms with van der Waals surface area (Å²) in [6.07, 6.45) is 15.7. The second-order valence-corrected chi connectivity index (χ2v) is 9.82. The van der Waals surface area contributed by atoms with E-state index in [-0.39, 0.29) is 12.2 Å². The van der Waals surface area contributed by atoms with Crippen molar-refractivity contribution in [3.8, 4) is 0 Å². The van der Waals surface area contributed by atoms with Gasteiger partial charge in [0.05, 0.1) is 12.2 Å². The molecule has 1 aromatic carbocycles. The van der Waals surface area contributed by atoms with Gasteiger partial charge in [-0.05, 0) is 86.4 Å². The average molecular weight is 487 g/mol. The van der Waals surface area contributed by atoms with Gasteiger partial charge in [-0.15, -0.1) is 0 Å². The summed E-state index contributed by atoms with van der Waals surface area (Å²) < 4.78 is 26.0. The van der Waals surface area contributed by atoms with Crippen molar-refractivity contribution in [3.05, 3.63) is 59.1 Å². The molecule has 0 bridgehead atoms. The molecule has 3 heterocycles. The van der Waals surface area contributed by atoms with Gasteiger partial charge >= 0.3 is 5.97 Å². The number of aliphatic carboxylic acids is 1. The number of carbonyl (C=O) groups is 1. The van der Waals surface area contributed by atoms with Crippen LogP contribution in [0.1, 0.15) is 81.1 Å². The molecule has 0 spiro atoms. The summed E-state index contributed by atoms with van der Waals surface area (Å²) in [5.41, 5.74) is 2.69. The predicted octanol–water partition coefficient (Wildman–Crippen LogP) is 5.28. The van der Waals surface area contributed by atoms with E-state index in [4.69, 9.17) is 9.47 Å². The fraction of sp³-hybridized carbons (Fsp3) is 0.607. The Labute approximate surface area is 208 Å². The highest BCUT2D eigenvalue weighted by atomic mass is 19.1. The van der Waals surface area contributed by atoms with E-state index in [0.717, 1.165) is 63.5 Å². The summed E-state index contributed by atoms with van der Waals surface area (Å²) in [5.74, 6) is -1.37. The molecule has 4 rings (SSSR count). The minimum Gasteiger partial charge on any atom is -0.480 e. The SMILES string of the molecule is O=C(O)C(c1cc(F)ccc1C1CCCO1)N1CCC(OCCCCC/C=C\C2=CNCCC2)C1. The number of carboxylic acids is 1. The van der Waals surface area contributed by atoms with Crippen molar-refractivity contribution in [1.82, 2.24) is 10.2 Å². The van der Waals surface area contributed by atoms with Gasteiger partial charge in [0.15, 0.2) is 0 Å². The van der Waals surface area contributed by atoms with Crippen LogP contribution in [0.2, 0.25) is 0 Å². The van der Waals surface area contributed by atoms with Crippen LogP contribution in [0.15, 0.2) is 42.1 Å². The van der Waals surface area contributed by atoms with E-state index in [1.165, 1.54) is 24.1 Å². The third-order valence-electron chi connectivity index (χ3n) is 7.17. The smallest absolute Gasteiger partial charge is 0.325 e. The van der Waals surface area contributed by atoms with Gasteiger partial charge in [-0.25, -0.2) is 4.39 Å². The van der Waals surface area contributed by atoms with Crippen molar-refractivity contribution >= 4 is 5.97 Å². The topological polar surface area (TPSA) is 71.0 Å². The molecule has 2 fully saturated rings. The maximum atomic E-state index is 14.1. The molecule has 192 valence electrons. The second-order valence-electron chi connectivity index (χ2n) is 9.82. The van der Waals surface area contributed by atoms with Crippen LogP contribution in [0, 0.1) is 5.82 Å². The molecule has 0 aromatic heterocycles. The maximum absolute atomic E-state index is 14.1. The third-order valence-corrected chi connectivity index (χ3v) is 7.17. The molecule has 3 unspecified atom stereocenters. The Morgan fingerprint density at radius 1 is 1.29 bits per heavy atom. The summed E-state index contributed by atoms with van der Waals surface area (Å²) in [6.45, 7) is 3.60. The highest BCUT2D eigenvalue weighted by Gasteiger charge is 2.37. The summed E-state index contributed by atoms with van der Waals surface area (Å²) in [4.78, 5) is 14.2. The van der Waals surface area contributed by atoms with Gasteiger partial charge < -0.3 is 19.9 Å². The van der Waals surface area contributed by atoms with Crippen LogP contribution in [0.3, 0.4) is 0 Å². The van der Waals surface area contributed by atoms with Gasteiger partial charge in [0.1, 0.15) is 11.9 Å². The number of hydrogen-bond donors (Lipinski definition) is 2. The number of likely N-dealkylation sites (tertiary alicyclic amines) is 1. The second kappa shape index (κ2) is 13.2. The molecule has 3 aliphatic rings. The minimum absolute atomic E-state index is 0.0159. The van der Waals surface area contributed by atoms with Crippen molar-refractivity contribution < 1.29 is 23.8 Å². The van der Waals surface area contributed by atoms with Crippen molar-refractivity contribution in [2.24, 2.45) is 0 Å². The molecule has 7 heteroatoms. The third kappa shape index (κ3) is 7.38. The lowest BCUT2D eigenvalue weighted by Crippen LogP contribution is -2.34. The molecule has 2 N–H and O–H groups in total. The van der Waals surface area contributed by atoms with E-state index < -0.39 is 17.8 Å². The lowest BCUT2D eigenvalue weighted by atomic mass is 9.94. The highest BCUT2D eigenvalue weighted by Crippen LogP contribution is 2.37. The Kier molecular flexibility index (Phi) is 9.74. The molecule has 35 heavy (non-hydrogen) atoms. The average Bonchev–Trinajstić information content (AvgIpc) is 3.54. The fourth-order valence-corrected chi connectivity index (χ4v) is 5.34. The van der Waals surface area contributed by atoms with Crippen LogP contribution in [0.5, 0.6) is 0 Å². The van der Waals surface area contributed by atoms with Gasteiger partial charge in [-0.3, -0.25) is 9.69 Å². The molecule has 6 nitrogen and oxygen atoms in total. The number of rotatable bonds is 12. The molecule has 2 saturated heterocycles. The van der Waals surface area contributed by atoms with Crippen molar-refractivity contribution in [3.63, 3.8) is 0 Å².